The monoisotopic (exact) mass is 331 g/mol. The number of thiophene rings is 1. The van der Waals surface area contributed by atoms with Gasteiger partial charge in [-0.15, -0.1) is 11.3 Å². The van der Waals surface area contributed by atoms with Gasteiger partial charge in [-0.05, 0) is 28.1 Å². The highest BCUT2D eigenvalue weighted by Gasteiger charge is 2.18. The Morgan fingerprint density at radius 1 is 1.56 bits per heavy atom. The number of piperazine rings is 1. The maximum atomic E-state index is 12.0. The maximum Gasteiger partial charge on any atom is 0.229 e. The van der Waals surface area contributed by atoms with Crippen molar-refractivity contribution < 1.29 is 4.79 Å². The van der Waals surface area contributed by atoms with Crippen LogP contribution in [0.3, 0.4) is 0 Å². The van der Waals surface area contributed by atoms with E-state index in [2.05, 4.69) is 31.5 Å². The molecule has 1 aliphatic heterocycles. The molecule has 1 aliphatic rings. The summed E-state index contributed by atoms with van der Waals surface area (Å²) in [6, 6.07) is 3.87. The van der Waals surface area contributed by atoms with Crippen molar-refractivity contribution in [1.29, 1.82) is 0 Å². The number of nitrogens with one attached hydrogen (secondary N) is 2. The number of amides is 1. The van der Waals surface area contributed by atoms with E-state index < -0.39 is 0 Å². The molecule has 18 heavy (non-hydrogen) atoms. The van der Waals surface area contributed by atoms with Crippen LogP contribution in [0.4, 0.5) is 5.00 Å². The predicted molar refractivity (Wildman–Crippen MR) is 79.1 cm³/mol. The maximum absolute atomic E-state index is 12.0. The number of carbonyl (C=O) groups is 1. The van der Waals surface area contributed by atoms with Crippen LogP contribution in [0.2, 0.25) is 0 Å². The molecule has 6 heteroatoms. The fraction of sp³-hybridized carbons (Fsp3) is 0.583. The molecule has 100 valence electrons. The Hall–Kier alpha value is -0.430. The summed E-state index contributed by atoms with van der Waals surface area (Å²) in [6.45, 7) is 6.92. The molecule has 1 aromatic heterocycles. The molecular formula is C12H18BrN3OS. The summed E-state index contributed by atoms with van der Waals surface area (Å²) in [5, 5.41) is 7.18. The van der Waals surface area contributed by atoms with E-state index in [0.717, 1.165) is 41.5 Å². The van der Waals surface area contributed by atoms with Crippen LogP contribution in [0.25, 0.3) is 0 Å². The summed E-state index contributed by atoms with van der Waals surface area (Å²) in [7, 11) is 0. The first kappa shape index (κ1) is 14.0. The SMILES string of the molecule is CC(CN1CCNCC1)C(=O)Nc1ccc(Br)s1. The second-order valence-corrected chi connectivity index (χ2v) is 7.01. The third-order valence-corrected chi connectivity index (χ3v) is 4.55. The summed E-state index contributed by atoms with van der Waals surface area (Å²) in [5.41, 5.74) is 0. The van der Waals surface area contributed by atoms with Crippen molar-refractivity contribution in [2.75, 3.05) is 38.0 Å². The Labute approximate surface area is 120 Å². The molecule has 2 heterocycles. The molecule has 1 saturated heterocycles. The van der Waals surface area contributed by atoms with Crippen LogP contribution in [0.15, 0.2) is 15.9 Å². The fourth-order valence-electron chi connectivity index (χ4n) is 1.99. The van der Waals surface area contributed by atoms with Gasteiger partial charge >= 0.3 is 0 Å². The lowest BCUT2D eigenvalue weighted by Gasteiger charge is -2.29. The first-order valence-corrected chi connectivity index (χ1v) is 7.75. The van der Waals surface area contributed by atoms with Crippen molar-refractivity contribution in [3.8, 4) is 0 Å². The minimum absolute atomic E-state index is 0.0176. The topological polar surface area (TPSA) is 44.4 Å². The zero-order valence-corrected chi connectivity index (χ0v) is 12.8. The number of rotatable bonds is 4. The third kappa shape index (κ3) is 4.05. The van der Waals surface area contributed by atoms with Crippen molar-refractivity contribution in [2.24, 2.45) is 5.92 Å². The molecule has 1 amide bonds. The lowest BCUT2D eigenvalue weighted by molar-refractivity contribution is -0.120. The number of hydrogen-bond acceptors (Lipinski definition) is 4. The molecule has 0 saturated carbocycles. The van der Waals surface area contributed by atoms with Crippen molar-refractivity contribution in [2.45, 2.75) is 6.92 Å². The Morgan fingerprint density at radius 2 is 2.28 bits per heavy atom. The molecule has 2 N–H and O–H groups in total. The van der Waals surface area contributed by atoms with Gasteiger partial charge in [-0.25, -0.2) is 0 Å². The molecule has 1 unspecified atom stereocenters. The first-order valence-electron chi connectivity index (χ1n) is 6.14. The predicted octanol–water partition coefficient (Wildman–Crippen LogP) is 1.99. The van der Waals surface area contributed by atoms with Crippen molar-refractivity contribution in [1.82, 2.24) is 10.2 Å². The van der Waals surface area contributed by atoms with E-state index in [1.54, 1.807) is 11.3 Å². The summed E-state index contributed by atoms with van der Waals surface area (Å²) >= 11 is 4.93. The molecule has 0 aromatic carbocycles. The number of nitrogens with zero attached hydrogens (tertiary/aromatic N) is 1. The zero-order valence-electron chi connectivity index (χ0n) is 10.4. The molecule has 1 aromatic rings. The minimum Gasteiger partial charge on any atom is -0.317 e. The van der Waals surface area contributed by atoms with Gasteiger partial charge in [0.05, 0.1) is 8.79 Å². The Balaban J connectivity index is 1.80. The van der Waals surface area contributed by atoms with E-state index >= 15 is 0 Å². The molecule has 0 aliphatic carbocycles. The second kappa shape index (κ2) is 6.65. The summed E-state index contributed by atoms with van der Waals surface area (Å²) in [4.78, 5) is 14.4. The van der Waals surface area contributed by atoms with Crippen LogP contribution in [0, 0.1) is 5.92 Å². The van der Waals surface area contributed by atoms with E-state index in [-0.39, 0.29) is 11.8 Å². The van der Waals surface area contributed by atoms with Gasteiger partial charge in [0.25, 0.3) is 0 Å². The fourth-order valence-corrected chi connectivity index (χ4v) is 3.28. The van der Waals surface area contributed by atoms with E-state index in [1.165, 1.54) is 0 Å². The number of hydrogen-bond donors (Lipinski definition) is 2. The van der Waals surface area contributed by atoms with Gasteiger partial charge in [0.15, 0.2) is 0 Å². The summed E-state index contributed by atoms with van der Waals surface area (Å²) in [6.07, 6.45) is 0. The largest absolute Gasteiger partial charge is 0.317 e. The van der Waals surface area contributed by atoms with Gasteiger partial charge in [-0.1, -0.05) is 6.92 Å². The first-order chi connectivity index (χ1) is 8.65. The number of halogens is 1. The van der Waals surface area contributed by atoms with Crippen molar-refractivity contribution >= 4 is 38.2 Å². The van der Waals surface area contributed by atoms with Crippen LogP contribution in [-0.4, -0.2) is 43.5 Å². The molecule has 1 fully saturated rings. The van der Waals surface area contributed by atoms with E-state index in [1.807, 2.05) is 19.1 Å². The van der Waals surface area contributed by atoms with Crippen LogP contribution in [-0.2, 0) is 4.79 Å². The van der Waals surface area contributed by atoms with Gasteiger partial charge in [0.2, 0.25) is 5.91 Å². The standard InChI is InChI=1S/C12H18BrN3OS/c1-9(8-16-6-4-14-5-7-16)12(17)15-11-3-2-10(13)18-11/h2-3,9,14H,4-8H2,1H3,(H,15,17). The summed E-state index contributed by atoms with van der Waals surface area (Å²) in [5.74, 6) is 0.117. The number of anilines is 1. The van der Waals surface area contributed by atoms with Crippen molar-refractivity contribution in [3.63, 3.8) is 0 Å². The highest BCUT2D eigenvalue weighted by atomic mass is 79.9. The molecule has 0 spiro atoms. The molecule has 2 rings (SSSR count). The van der Waals surface area contributed by atoms with Crippen LogP contribution in [0.1, 0.15) is 6.92 Å². The smallest absolute Gasteiger partial charge is 0.229 e. The molecule has 4 nitrogen and oxygen atoms in total. The lowest BCUT2D eigenvalue weighted by atomic mass is 10.1. The third-order valence-electron chi connectivity index (χ3n) is 3.01. The molecule has 0 radical (unpaired) electrons. The summed E-state index contributed by atoms with van der Waals surface area (Å²) < 4.78 is 1.03. The van der Waals surface area contributed by atoms with E-state index in [4.69, 9.17) is 0 Å². The Bertz CT molecular complexity index is 404. The normalized spacial score (nSPS) is 18.6. The van der Waals surface area contributed by atoms with E-state index in [0.29, 0.717) is 0 Å². The lowest BCUT2D eigenvalue weighted by Crippen LogP contribution is -2.46. The van der Waals surface area contributed by atoms with Gasteiger partial charge in [0.1, 0.15) is 0 Å². The number of carbonyl (C=O) groups excluding carboxylic acids is 1. The molecule has 1 atom stereocenters. The average Bonchev–Trinajstić information content (AvgIpc) is 2.76. The van der Waals surface area contributed by atoms with Crippen LogP contribution < -0.4 is 10.6 Å². The van der Waals surface area contributed by atoms with Crippen molar-refractivity contribution in [3.05, 3.63) is 15.9 Å². The Morgan fingerprint density at radius 3 is 2.89 bits per heavy atom. The van der Waals surface area contributed by atoms with Gasteiger partial charge in [-0.3, -0.25) is 4.79 Å². The van der Waals surface area contributed by atoms with E-state index in [9.17, 15) is 4.79 Å². The van der Waals surface area contributed by atoms with Crippen LogP contribution >= 0.6 is 27.3 Å². The Kier molecular flexibility index (Phi) is 5.17. The zero-order chi connectivity index (χ0) is 13.0. The highest BCUT2D eigenvalue weighted by Crippen LogP contribution is 2.26. The second-order valence-electron chi connectivity index (χ2n) is 4.54. The van der Waals surface area contributed by atoms with Gasteiger partial charge < -0.3 is 15.5 Å². The van der Waals surface area contributed by atoms with Crippen LogP contribution in [0.5, 0.6) is 0 Å². The van der Waals surface area contributed by atoms with Gasteiger partial charge in [-0.2, -0.15) is 0 Å². The molecule has 0 bridgehead atoms. The minimum atomic E-state index is 0.0176. The average molecular weight is 332 g/mol. The quantitative estimate of drug-likeness (QED) is 0.886. The van der Waals surface area contributed by atoms with Gasteiger partial charge in [0, 0.05) is 38.6 Å². The highest BCUT2D eigenvalue weighted by molar-refractivity contribution is 9.11. The molecular weight excluding hydrogens is 314 g/mol.